The van der Waals surface area contributed by atoms with Crippen LogP contribution in [-0.4, -0.2) is 29.1 Å². The van der Waals surface area contributed by atoms with Gasteiger partial charge in [-0.15, -0.1) is 0 Å². The van der Waals surface area contributed by atoms with Crippen LogP contribution in [0.1, 0.15) is 45.1 Å². The van der Waals surface area contributed by atoms with Crippen molar-refractivity contribution in [1.82, 2.24) is 10.2 Å². The molecule has 1 saturated carbocycles. The third kappa shape index (κ3) is 3.13. The lowest BCUT2D eigenvalue weighted by molar-refractivity contribution is -0.130. The molecule has 1 amide bonds. The lowest BCUT2D eigenvalue weighted by Crippen LogP contribution is -2.39. The first-order chi connectivity index (χ1) is 10.2. The third-order valence-corrected chi connectivity index (χ3v) is 4.83. The monoisotopic (exact) mass is 286 g/mol. The molecule has 2 fully saturated rings. The highest BCUT2D eigenvalue weighted by Crippen LogP contribution is 2.39. The molecule has 4 unspecified atom stereocenters. The van der Waals surface area contributed by atoms with E-state index in [1.54, 1.807) is 0 Å². The first-order valence-corrected chi connectivity index (χ1v) is 8.33. The van der Waals surface area contributed by atoms with Crippen LogP contribution in [-0.2, 0) is 11.2 Å². The molecule has 1 aromatic rings. The number of carbonyl (C=O) groups is 1. The Morgan fingerprint density at radius 2 is 1.95 bits per heavy atom. The summed E-state index contributed by atoms with van der Waals surface area (Å²) in [5, 5.41) is 3.58. The molecule has 0 bridgehead atoms. The molecule has 1 aliphatic carbocycles. The molecule has 0 spiro atoms. The zero-order chi connectivity index (χ0) is 14.8. The SMILES string of the molecule is CCCC1NC(CCc2ccccc2)C(=O)N1C1CC1C. The molecule has 3 heteroatoms. The molecule has 0 aromatic heterocycles. The Kier molecular flexibility index (Phi) is 4.29. The van der Waals surface area contributed by atoms with Crippen LogP contribution in [0.25, 0.3) is 0 Å². The molecule has 3 rings (SSSR count). The minimum absolute atomic E-state index is 0.00885. The van der Waals surface area contributed by atoms with Gasteiger partial charge in [-0.3, -0.25) is 10.1 Å². The summed E-state index contributed by atoms with van der Waals surface area (Å²) in [5.74, 6) is 1.02. The summed E-state index contributed by atoms with van der Waals surface area (Å²) in [6, 6.07) is 11.0. The molecule has 4 atom stereocenters. The maximum absolute atomic E-state index is 12.7. The Bertz CT molecular complexity index is 487. The maximum atomic E-state index is 12.7. The van der Waals surface area contributed by atoms with E-state index in [1.165, 1.54) is 12.0 Å². The largest absolute Gasteiger partial charge is 0.323 e. The van der Waals surface area contributed by atoms with E-state index in [1.807, 2.05) is 6.07 Å². The molecular formula is C18H26N2O. The number of nitrogens with zero attached hydrogens (tertiary/aromatic N) is 1. The van der Waals surface area contributed by atoms with Crippen LogP contribution in [0.5, 0.6) is 0 Å². The topological polar surface area (TPSA) is 32.3 Å². The molecule has 1 aromatic carbocycles. The molecule has 3 nitrogen and oxygen atoms in total. The van der Waals surface area contributed by atoms with E-state index in [0.717, 1.165) is 25.7 Å². The number of nitrogens with one attached hydrogen (secondary N) is 1. The van der Waals surface area contributed by atoms with E-state index >= 15 is 0 Å². The number of hydrogen-bond acceptors (Lipinski definition) is 2. The van der Waals surface area contributed by atoms with E-state index in [-0.39, 0.29) is 12.2 Å². The zero-order valence-electron chi connectivity index (χ0n) is 13.1. The van der Waals surface area contributed by atoms with Gasteiger partial charge < -0.3 is 4.90 Å². The normalized spacial score (nSPS) is 31.7. The second kappa shape index (κ2) is 6.18. The lowest BCUT2D eigenvalue weighted by atomic mass is 10.1. The van der Waals surface area contributed by atoms with Crippen LogP contribution in [0.4, 0.5) is 0 Å². The van der Waals surface area contributed by atoms with Gasteiger partial charge in [0.1, 0.15) is 0 Å². The van der Waals surface area contributed by atoms with Crippen LogP contribution in [0, 0.1) is 5.92 Å². The quantitative estimate of drug-likeness (QED) is 0.872. The summed E-state index contributed by atoms with van der Waals surface area (Å²) < 4.78 is 0. The standard InChI is InChI=1S/C18H26N2O/c1-3-7-17-19-15(11-10-14-8-5-4-6-9-14)18(21)20(17)16-12-13(16)2/h4-6,8-9,13,15-17,19H,3,7,10-12H2,1-2H3. The molecule has 21 heavy (non-hydrogen) atoms. The summed E-state index contributed by atoms with van der Waals surface area (Å²) in [4.78, 5) is 14.9. The van der Waals surface area contributed by atoms with Crippen molar-refractivity contribution in [3.05, 3.63) is 35.9 Å². The second-order valence-electron chi connectivity index (χ2n) is 6.57. The van der Waals surface area contributed by atoms with Gasteiger partial charge in [-0.1, -0.05) is 50.6 Å². The highest BCUT2D eigenvalue weighted by Gasteiger charge is 2.49. The number of hydrogen-bond donors (Lipinski definition) is 1. The Balaban J connectivity index is 1.62. The molecule has 0 radical (unpaired) electrons. The second-order valence-corrected chi connectivity index (χ2v) is 6.57. The highest BCUT2D eigenvalue weighted by molar-refractivity contribution is 5.85. The van der Waals surface area contributed by atoms with Crippen molar-refractivity contribution >= 4 is 5.91 Å². The fourth-order valence-electron chi connectivity index (χ4n) is 3.46. The van der Waals surface area contributed by atoms with E-state index in [2.05, 4.69) is 48.3 Å². The van der Waals surface area contributed by atoms with E-state index in [9.17, 15) is 4.79 Å². The predicted molar refractivity (Wildman–Crippen MR) is 84.8 cm³/mol. The van der Waals surface area contributed by atoms with Crippen LogP contribution in [0.3, 0.4) is 0 Å². The average Bonchev–Trinajstić information content (AvgIpc) is 3.12. The van der Waals surface area contributed by atoms with Gasteiger partial charge in [0.05, 0.1) is 12.2 Å². The molecule has 114 valence electrons. The first kappa shape index (κ1) is 14.6. The maximum Gasteiger partial charge on any atom is 0.241 e. The minimum Gasteiger partial charge on any atom is -0.323 e. The Morgan fingerprint density at radius 3 is 2.57 bits per heavy atom. The Morgan fingerprint density at radius 1 is 1.24 bits per heavy atom. The van der Waals surface area contributed by atoms with Crippen molar-refractivity contribution < 1.29 is 4.79 Å². The number of aryl methyl sites for hydroxylation is 1. The highest BCUT2D eigenvalue weighted by atomic mass is 16.2. The Hall–Kier alpha value is -1.35. The van der Waals surface area contributed by atoms with Gasteiger partial charge in [-0.25, -0.2) is 0 Å². The summed E-state index contributed by atoms with van der Waals surface area (Å²) in [5.41, 5.74) is 1.32. The average molecular weight is 286 g/mol. The fraction of sp³-hybridized carbons (Fsp3) is 0.611. The molecule has 2 aliphatic rings. The number of benzene rings is 1. The van der Waals surface area contributed by atoms with Crippen molar-refractivity contribution in [2.75, 3.05) is 0 Å². The van der Waals surface area contributed by atoms with Gasteiger partial charge in [-0.05, 0) is 37.2 Å². The summed E-state index contributed by atoms with van der Waals surface area (Å²) in [7, 11) is 0. The zero-order valence-corrected chi connectivity index (χ0v) is 13.1. The van der Waals surface area contributed by atoms with Crippen molar-refractivity contribution in [1.29, 1.82) is 0 Å². The Labute approximate surface area is 127 Å². The summed E-state index contributed by atoms with van der Waals surface area (Å²) in [6.07, 6.45) is 5.50. The van der Waals surface area contributed by atoms with Crippen LogP contribution < -0.4 is 5.32 Å². The molecule has 1 heterocycles. The van der Waals surface area contributed by atoms with Crippen molar-refractivity contribution in [3.63, 3.8) is 0 Å². The summed E-state index contributed by atoms with van der Waals surface area (Å²) >= 11 is 0. The smallest absolute Gasteiger partial charge is 0.241 e. The number of carbonyl (C=O) groups excluding carboxylic acids is 1. The lowest BCUT2D eigenvalue weighted by Gasteiger charge is -2.24. The van der Waals surface area contributed by atoms with E-state index in [4.69, 9.17) is 0 Å². The van der Waals surface area contributed by atoms with Crippen LogP contribution in [0.15, 0.2) is 30.3 Å². The van der Waals surface area contributed by atoms with Crippen molar-refractivity contribution in [2.24, 2.45) is 5.92 Å². The van der Waals surface area contributed by atoms with Gasteiger partial charge in [0, 0.05) is 6.04 Å². The molecular weight excluding hydrogens is 260 g/mol. The minimum atomic E-state index is 0.00885. The van der Waals surface area contributed by atoms with Gasteiger partial charge in [0.25, 0.3) is 0 Å². The first-order valence-electron chi connectivity index (χ1n) is 8.33. The van der Waals surface area contributed by atoms with Gasteiger partial charge in [0.2, 0.25) is 5.91 Å². The van der Waals surface area contributed by atoms with E-state index in [0.29, 0.717) is 17.9 Å². The van der Waals surface area contributed by atoms with Crippen molar-refractivity contribution in [3.8, 4) is 0 Å². The molecule has 1 N–H and O–H groups in total. The van der Waals surface area contributed by atoms with Crippen LogP contribution in [0.2, 0.25) is 0 Å². The third-order valence-electron chi connectivity index (χ3n) is 4.83. The fourth-order valence-corrected chi connectivity index (χ4v) is 3.46. The van der Waals surface area contributed by atoms with Gasteiger partial charge in [0.15, 0.2) is 0 Å². The van der Waals surface area contributed by atoms with Gasteiger partial charge >= 0.3 is 0 Å². The summed E-state index contributed by atoms with van der Waals surface area (Å²) in [6.45, 7) is 4.44. The number of amides is 1. The molecule has 1 aliphatic heterocycles. The van der Waals surface area contributed by atoms with Crippen molar-refractivity contribution in [2.45, 2.75) is 64.2 Å². The molecule has 1 saturated heterocycles. The predicted octanol–water partition coefficient (Wildman–Crippen LogP) is 2.95. The van der Waals surface area contributed by atoms with Gasteiger partial charge in [-0.2, -0.15) is 0 Å². The van der Waals surface area contributed by atoms with Crippen LogP contribution >= 0.6 is 0 Å². The number of rotatable bonds is 6. The van der Waals surface area contributed by atoms with E-state index < -0.39 is 0 Å².